The molecule has 0 aromatic carbocycles. The molecule has 0 aliphatic heterocycles. The van der Waals surface area contributed by atoms with E-state index in [4.69, 9.17) is 0 Å². The second kappa shape index (κ2) is 2.95. The summed E-state index contributed by atoms with van der Waals surface area (Å²) in [6.45, 7) is 0. The molecule has 2 aliphatic rings. The van der Waals surface area contributed by atoms with Crippen LogP contribution in [0.4, 0.5) is 0 Å². The molecule has 2 nitrogen and oxygen atoms in total. The van der Waals surface area contributed by atoms with E-state index in [0.717, 1.165) is 21.9 Å². The van der Waals surface area contributed by atoms with Gasteiger partial charge in [-0.1, -0.05) is 30.3 Å². The number of rotatable bonds is 0. The van der Waals surface area contributed by atoms with E-state index in [2.05, 4.69) is 4.98 Å². The Labute approximate surface area is 86.5 Å². The zero-order chi connectivity index (χ0) is 10.3. The minimum Gasteiger partial charge on any atom is -0.329 e. The van der Waals surface area contributed by atoms with Crippen LogP contribution >= 0.6 is 0 Å². The van der Waals surface area contributed by atoms with Gasteiger partial charge in [-0.05, 0) is 28.6 Å². The number of pyridine rings is 1. The van der Waals surface area contributed by atoms with Gasteiger partial charge in [0.15, 0.2) is 0 Å². The third-order valence-electron chi connectivity index (χ3n) is 2.66. The Balaban J connectivity index is 2.59. The lowest BCUT2D eigenvalue weighted by Gasteiger charge is -1.91. The Bertz CT molecular complexity index is 654. The van der Waals surface area contributed by atoms with Crippen LogP contribution in [-0.4, -0.2) is 4.98 Å². The molecule has 1 N–H and O–H groups in total. The topological polar surface area (TPSA) is 32.9 Å². The molecular weight excluding hydrogens is 186 g/mol. The lowest BCUT2D eigenvalue weighted by molar-refractivity contribution is 1.28. The Morgan fingerprint density at radius 3 is 2.73 bits per heavy atom. The number of aromatic amines is 1. The molecule has 72 valence electrons. The molecule has 1 aromatic rings. The SMILES string of the molecule is O=c1[nH]ccc2c3cccccc-3cc12. The molecule has 0 spiro atoms. The molecule has 0 radical (unpaired) electrons. The second-order valence-electron chi connectivity index (χ2n) is 3.56. The summed E-state index contributed by atoms with van der Waals surface area (Å²) in [4.78, 5) is 14.3. The molecule has 1 heterocycles. The van der Waals surface area contributed by atoms with Crippen LogP contribution in [0.5, 0.6) is 0 Å². The lowest BCUT2D eigenvalue weighted by atomic mass is 10.1. The van der Waals surface area contributed by atoms with Gasteiger partial charge in [-0.15, -0.1) is 0 Å². The fourth-order valence-corrected chi connectivity index (χ4v) is 1.96. The highest BCUT2D eigenvalue weighted by Crippen LogP contribution is 2.30. The van der Waals surface area contributed by atoms with Gasteiger partial charge in [0, 0.05) is 11.6 Å². The summed E-state index contributed by atoms with van der Waals surface area (Å²) in [5, 5.41) is 1.78. The highest BCUT2D eigenvalue weighted by molar-refractivity contribution is 6.01. The Morgan fingerprint density at radius 2 is 1.80 bits per heavy atom. The van der Waals surface area contributed by atoms with Crippen LogP contribution in [0.2, 0.25) is 0 Å². The summed E-state index contributed by atoms with van der Waals surface area (Å²) in [5.74, 6) is 0. The van der Waals surface area contributed by atoms with Gasteiger partial charge >= 0.3 is 0 Å². The number of H-pyrrole nitrogens is 1. The maximum Gasteiger partial charge on any atom is 0.255 e. The molecule has 1 aromatic heterocycles. The molecule has 2 heteroatoms. The van der Waals surface area contributed by atoms with Crippen molar-refractivity contribution in [3.63, 3.8) is 0 Å². The van der Waals surface area contributed by atoms with Gasteiger partial charge in [-0.3, -0.25) is 4.79 Å². The zero-order valence-corrected chi connectivity index (χ0v) is 8.03. The fraction of sp³-hybridized carbons (Fsp3) is 0. The van der Waals surface area contributed by atoms with E-state index in [1.807, 2.05) is 42.5 Å². The molecule has 0 saturated heterocycles. The highest BCUT2D eigenvalue weighted by atomic mass is 16.1. The average molecular weight is 195 g/mol. The summed E-state index contributed by atoms with van der Waals surface area (Å²) in [6.07, 6.45) is 1.69. The van der Waals surface area contributed by atoms with Crippen LogP contribution in [0.3, 0.4) is 0 Å². The third kappa shape index (κ3) is 1.15. The highest BCUT2D eigenvalue weighted by Gasteiger charge is 2.09. The maximum atomic E-state index is 11.6. The first-order valence-electron chi connectivity index (χ1n) is 4.85. The summed E-state index contributed by atoms with van der Waals surface area (Å²) < 4.78 is 0. The molecular formula is C13H9NO. The predicted octanol–water partition coefficient (Wildman–Crippen LogP) is 2.63. The van der Waals surface area contributed by atoms with Crippen molar-refractivity contribution in [3.8, 4) is 11.1 Å². The number of fused-ring (bicyclic) bond motifs is 3. The van der Waals surface area contributed by atoms with E-state index < -0.39 is 0 Å². The van der Waals surface area contributed by atoms with Gasteiger partial charge in [0.2, 0.25) is 0 Å². The van der Waals surface area contributed by atoms with Crippen LogP contribution < -0.4 is 5.56 Å². The summed E-state index contributed by atoms with van der Waals surface area (Å²) >= 11 is 0. The van der Waals surface area contributed by atoms with Crippen molar-refractivity contribution in [2.45, 2.75) is 0 Å². The minimum atomic E-state index is -0.0219. The van der Waals surface area contributed by atoms with Crippen molar-refractivity contribution in [1.82, 2.24) is 4.98 Å². The Morgan fingerprint density at radius 1 is 0.933 bits per heavy atom. The monoisotopic (exact) mass is 195 g/mol. The zero-order valence-electron chi connectivity index (χ0n) is 8.03. The molecule has 0 amide bonds. The van der Waals surface area contributed by atoms with Crippen LogP contribution in [0.25, 0.3) is 21.9 Å². The van der Waals surface area contributed by atoms with E-state index in [1.54, 1.807) is 6.20 Å². The molecule has 15 heavy (non-hydrogen) atoms. The smallest absolute Gasteiger partial charge is 0.255 e. The first-order valence-corrected chi connectivity index (χ1v) is 4.85. The van der Waals surface area contributed by atoms with Crippen molar-refractivity contribution >= 4 is 10.8 Å². The first-order chi connectivity index (χ1) is 7.36. The summed E-state index contributed by atoms with van der Waals surface area (Å²) in [6, 6.07) is 13.9. The normalized spacial score (nSPS) is 10.9. The Kier molecular flexibility index (Phi) is 1.62. The van der Waals surface area contributed by atoms with Gasteiger partial charge in [0.25, 0.3) is 5.56 Å². The summed E-state index contributed by atoms with van der Waals surface area (Å²) in [5.41, 5.74) is 2.21. The van der Waals surface area contributed by atoms with Crippen molar-refractivity contribution in [2.75, 3.05) is 0 Å². The van der Waals surface area contributed by atoms with E-state index in [-0.39, 0.29) is 5.56 Å². The number of aromatic nitrogens is 1. The van der Waals surface area contributed by atoms with E-state index in [9.17, 15) is 4.79 Å². The molecule has 2 aliphatic carbocycles. The van der Waals surface area contributed by atoms with Gasteiger partial charge in [-0.2, -0.15) is 0 Å². The minimum absolute atomic E-state index is 0.0219. The Hall–Kier alpha value is -2.09. The number of hydrogen-bond donors (Lipinski definition) is 1. The average Bonchev–Trinajstić information content (AvgIpc) is 2.45. The van der Waals surface area contributed by atoms with Crippen LogP contribution in [-0.2, 0) is 0 Å². The second-order valence-corrected chi connectivity index (χ2v) is 3.56. The molecule has 0 bridgehead atoms. The van der Waals surface area contributed by atoms with Crippen molar-refractivity contribution < 1.29 is 0 Å². The third-order valence-corrected chi connectivity index (χ3v) is 2.66. The first kappa shape index (κ1) is 8.24. The van der Waals surface area contributed by atoms with E-state index in [1.165, 1.54) is 0 Å². The van der Waals surface area contributed by atoms with Crippen LogP contribution in [0.15, 0.2) is 53.5 Å². The van der Waals surface area contributed by atoms with Gasteiger partial charge in [-0.25, -0.2) is 0 Å². The molecule has 0 fully saturated rings. The van der Waals surface area contributed by atoms with E-state index in [0.29, 0.717) is 0 Å². The molecule has 0 unspecified atom stereocenters. The molecule has 0 saturated carbocycles. The van der Waals surface area contributed by atoms with Gasteiger partial charge in [0.05, 0.1) is 0 Å². The molecule has 3 rings (SSSR count). The lowest BCUT2D eigenvalue weighted by Crippen LogP contribution is -2.01. The van der Waals surface area contributed by atoms with Crippen molar-refractivity contribution in [3.05, 3.63) is 59.0 Å². The summed E-state index contributed by atoms with van der Waals surface area (Å²) in [7, 11) is 0. The quantitative estimate of drug-likeness (QED) is 0.587. The number of hydrogen-bond acceptors (Lipinski definition) is 1. The number of nitrogens with one attached hydrogen (secondary N) is 1. The van der Waals surface area contributed by atoms with Gasteiger partial charge in [0.1, 0.15) is 0 Å². The van der Waals surface area contributed by atoms with Crippen molar-refractivity contribution in [2.24, 2.45) is 0 Å². The van der Waals surface area contributed by atoms with Gasteiger partial charge < -0.3 is 4.98 Å². The maximum absolute atomic E-state index is 11.6. The standard InChI is InChI=1S/C13H9NO/c15-13-12-8-9-4-2-1-3-5-10(9)11(12)6-7-14-13/h1-8H,(H,14,15). The largest absolute Gasteiger partial charge is 0.329 e. The van der Waals surface area contributed by atoms with E-state index >= 15 is 0 Å². The molecule has 0 atom stereocenters. The fourth-order valence-electron chi connectivity index (χ4n) is 1.96. The van der Waals surface area contributed by atoms with Crippen LogP contribution in [0, 0.1) is 0 Å². The van der Waals surface area contributed by atoms with Crippen molar-refractivity contribution in [1.29, 1.82) is 0 Å². The van der Waals surface area contributed by atoms with Crippen LogP contribution in [0.1, 0.15) is 0 Å². The predicted molar refractivity (Wildman–Crippen MR) is 61.2 cm³/mol.